The molecule has 1 aliphatic rings. The Morgan fingerprint density at radius 3 is 2.88 bits per heavy atom. The fourth-order valence-electron chi connectivity index (χ4n) is 2.91. The summed E-state index contributed by atoms with van der Waals surface area (Å²) in [5.74, 6) is 0.545. The Morgan fingerprint density at radius 2 is 2.21 bits per heavy atom. The first-order valence-electron chi connectivity index (χ1n) is 8.41. The summed E-state index contributed by atoms with van der Waals surface area (Å²) in [6.07, 6.45) is 4.32. The van der Waals surface area contributed by atoms with Gasteiger partial charge < -0.3 is 14.0 Å². The van der Waals surface area contributed by atoms with E-state index in [0.717, 1.165) is 37.4 Å². The lowest BCUT2D eigenvalue weighted by Gasteiger charge is -2.23. The van der Waals surface area contributed by atoms with Crippen molar-refractivity contribution in [2.75, 3.05) is 13.6 Å². The Kier molecular flexibility index (Phi) is 4.71. The summed E-state index contributed by atoms with van der Waals surface area (Å²) in [6, 6.07) is 0.450. The monoisotopic (exact) mass is 331 g/mol. The molecule has 2 aromatic rings. The molecule has 0 fully saturated rings. The molecule has 3 rings (SSSR count). The Balaban J connectivity index is 1.83. The number of aromatic nitrogens is 3. The molecule has 1 amide bonds. The summed E-state index contributed by atoms with van der Waals surface area (Å²) in [7, 11) is 2.09. The van der Waals surface area contributed by atoms with Gasteiger partial charge in [-0.3, -0.25) is 9.69 Å². The van der Waals surface area contributed by atoms with E-state index in [1.54, 1.807) is 6.92 Å². The van der Waals surface area contributed by atoms with Crippen LogP contribution < -0.4 is 0 Å². The lowest BCUT2D eigenvalue weighted by Crippen LogP contribution is -2.32. The van der Waals surface area contributed by atoms with Crippen molar-refractivity contribution < 1.29 is 9.32 Å². The number of aryl methyl sites for hydroxylation is 2. The molecule has 24 heavy (non-hydrogen) atoms. The molecule has 0 bridgehead atoms. The van der Waals surface area contributed by atoms with Crippen molar-refractivity contribution in [2.45, 2.75) is 52.9 Å². The molecule has 0 unspecified atom stereocenters. The van der Waals surface area contributed by atoms with Gasteiger partial charge in [0.1, 0.15) is 11.3 Å². The molecule has 2 aromatic heterocycles. The van der Waals surface area contributed by atoms with E-state index in [2.05, 4.69) is 40.5 Å². The largest absolute Gasteiger partial charge is 0.361 e. The van der Waals surface area contributed by atoms with Crippen LogP contribution in [0.1, 0.15) is 47.8 Å². The van der Waals surface area contributed by atoms with E-state index in [1.165, 1.54) is 6.20 Å². The Labute approximate surface area is 142 Å². The molecule has 0 spiro atoms. The van der Waals surface area contributed by atoms with Crippen LogP contribution in [0, 0.1) is 6.92 Å². The lowest BCUT2D eigenvalue weighted by molar-refractivity contribution is 0.0743. The molecule has 1 aliphatic heterocycles. The van der Waals surface area contributed by atoms with E-state index in [-0.39, 0.29) is 5.91 Å². The zero-order valence-corrected chi connectivity index (χ0v) is 14.8. The zero-order chi connectivity index (χ0) is 17.3. The number of hydrogen-bond donors (Lipinski definition) is 0. The number of hydrogen-bond acceptors (Lipinski definition) is 5. The minimum Gasteiger partial charge on any atom is -0.361 e. The first-order chi connectivity index (χ1) is 11.5. The third kappa shape index (κ3) is 3.21. The SMILES string of the molecule is Cc1oncc1C(=O)N1CCCn2cnc(CN(C)C(C)C)c2C1. The molecule has 3 heterocycles. The highest BCUT2D eigenvalue weighted by Crippen LogP contribution is 2.20. The van der Waals surface area contributed by atoms with Gasteiger partial charge in [-0.1, -0.05) is 5.16 Å². The van der Waals surface area contributed by atoms with Crippen molar-refractivity contribution in [1.29, 1.82) is 0 Å². The van der Waals surface area contributed by atoms with E-state index >= 15 is 0 Å². The van der Waals surface area contributed by atoms with Gasteiger partial charge in [-0.2, -0.15) is 0 Å². The quantitative estimate of drug-likeness (QED) is 0.858. The molecule has 0 saturated heterocycles. The van der Waals surface area contributed by atoms with Gasteiger partial charge >= 0.3 is 0 Å². The number of nitrogens with zero attached hydrogens (tertiary/aromatic N) is 5. The Bertz CT molecular complexity index is 718. The standard InChI is InChI=1S/C17H25N5O2/c1-12(2)20(4)9-15-16-10-21(6-5-7-22(16)11-18-15)17(23)14-8-19-24-13(14)3/h8,11-12H,5-7,9-10H2,1-4H3. The fourth-order valence-corrected chi connectivity index (χ4v) is 2.91. The highest BCUT2D eigenvalue weighted by atomic mass is 16.5. The van der Waals surface area contributed by atoms with Crippen LogP contribution in [0.5, 0.6) is 0 Å². The fraction of sp³-hybridized carbons (Fsp3) is 0.588. The number of carbonyl (C=O) groups is 1. The lowest BCUT2D eigenvalue weighted by atomic mass is 10.2. The van der Waals surface area contributed by atoms with Crippen molar-refractivity contribution in [3.8, 4) is 0 Å². The molecular weight excluding hydrogens is 306 g/mol. The smallest absolute Gasteiger partial charge is 0.259 e. The van der Waals surface area contributed by atoms with Crippen LogP contribution in [0.25, 0.3) is 0 Å². The van der Waals surface area contributed by atoms with Crippen molar-refractivity contribution in [3.63, 3.8) is 0 Å². The minimum atomic E-state index is -0.0217. The molecule has 7 nitrogen and oxygen atoms in total. The normalized spacial score (nSPS) is 15.0. The van der Waals surface area contributed by atoms with Gasteiger partial charge in [0.15, 0.2) is 0 Å². The second-order valence-corrected chi connectivity index (χ2v) is 6.72. The molecule has 0 N–H and O–H groups in total. The highest BCUT2D eigenvalue weighted by Gasteiger charge is 2.25. The van der Waals surface area contributed by atoms with Crippen LogP contribution >= 0.6 is 0 Å². The van der Waals surface area contributed by atoms with Crippen LogP contribution in [-0.2, 0) is 19.6 Å². The number of rotatable bonds is 4. The van der Waals surface area contributed by atoms with Crippen molar-refractivity contribution >= 4 is 5.91 Å². The Hall–Kier alpha value is -2.15. The topological polar surface area (TPSA) is 67.4 Å². The van der Waals surface area contributed by atoms with Gasteiger partial charge in [-0.25, -0.2) is 4.98 Å². The van der Waals surface area contributed by atoms with E-state index < -0.39 is 0 Å². The van der Waals surface area contributed by atoms with Crippen molar-refractivity contribution in [2.24, 2.45) is 0 Å². The first-order valence-corrected chi connectivity index (χ1v) is 8.41. The minimum absolute atomic E-state index is 0.0217. The van der Waals surface area contributed by atoms with Gasteiger partial charge in [-0.15, -0.1) is 0 Å². The van der Waals surface area contributed by atoms with Crippen LogP contribution in [0.2, 0.25) is 0 Å². The van der Waals surface area contributed by atoms with Gasteiger partial charge in [0.25, 0.3) is 5.91 Å². The second kappa shape index (κ2) is 6.76. The first kappa shape index (κ1) is 16.7. The summed E-state index contributed by atoms with van der Waals surface area (Å²) in [6.45, 7) is 9.08. The van der Waals surface area contributed by atoms with Crippen molar-refractivity contribution in [1.82, 2.24) is 24.5 Å². The summed E-state index contributed by atoms with van der Waals surface area (Å²) in [5.41, 5.74) is 2.72. The number of fused-ring (bicyclic) bond motifs is 1. The zero-order valence-electron chi connectivity index (χ0n) is 14.8. The third-order valence-corrected chi connectivity index (χ3v) is 4.75. The maximum absolute atomic E-state index is 12.8. The van der Waals surface area contributed by atoms with Crippen LogP contribution in [0.3, 0.4) is 0 Å². The molecular formula is C17H25N5O2. The third-order valence-electron chi connectivity index (χ3n) is 4.75. The van der Waals surface area contributed by atoms with E-state index in [0.29, 0.717) is 23.9 Å². The average molecular weight is 331 g/mol. The van der Waals surface area contributed by atoms with Crippen molar-refractivity contribution in [3.05, 3.63) is 35.2 Å². The van der Waals surface area contributed by atoms with Crippen LogP contribution in [0.15, 0.2) is 17.0 Å². The van der Waals surface area contributed by atoms with E-state index in [4.69, 9.17) is 4.52 Å². The summed E-state index contributed by atoms with van der Waals surface area (Å²) in [4.78, 5) is 21.5. The molecule has 130 valence electrons. The predicted molar refractivity (Wildman–Crippen MR) is 89.4 cm³/mol. The second-order valence-electron chi connectivity index (χ2n) is 6.72. The Morgan fingerprint density at radius 1 is 1.42 bits per heavy atom. The maximum Gasteiger partial charge on any atom is 0.259 e. The number of carbonyl (C=O) groups excluding carboxylic acids is 1. The number of imidazole rings is 1. The average Bonchev–Trinajstić information content (AvgIpc) is 3.06. The predicted octanol–water partition coefficient (Wildman–Crippen LogP) is 2.07. The molecule has 7 heteroatoms. The van der Waals surface area contributed by atoms with Gasteiger partial charge in [0.2, 0.25) is 0 Å². The summed E-state index contributed by atoms with van der Waals surface area (Å²) in [5, 5.41) is 3.72. The van der Waals surface area contributed by atoms with Gasteiger partial charge in [0.05, 0.1) is 30.5 Å². The van der Waals surface area contributed by atoms with E-state index in [9.17, 15) is 4.79 Å². The molecule has 0 aromatic carbocycles. The van der Waals surface area contributed by atoms with E-state index in [1.807, 2.05) is 11.2 Å². The molecule has 0 radical (unpaired) electrons. The summed E-state index contributed by atoms with van der Waals surface area (Å²) < 4.78 is 7.22. The van der Waals surface area contributed by atoms with Gasteiger partial charge in [-0.05, 0) is 34.2 Å². The maximum atomic E-state index is 12.8. The van der Waals surface area contributed by atoms with Gasteiger partial charge in [0, 0.05) is 25.7 Å². The number of amides is 1. The summed E-state index contributed by atoms with van der Waals surface area (Å²) >= 11 is 0. The highest BCUT2D eigenvalue weighted by molar-refractivity contribution is 5.94. The van der Waals surface area contributed by atoms with Crippen LogP contribution in [-0.4, -0.2) is 50.0 Å². The molecule has 0 saturated carbocycles. The van der Waals surface area contributed by atoms with Crippen LogP contribution in [0.4, 0.5) is 0 Å². The molecule has 0 atom stereocenters. The molecule has 0 aliphatic carbocycles.